The van der Waals surface area contributed by atoms with E-state index in [1.54, 1.807) is 6.92 Å². The van der Waals surface area contributed by atoms with Crippen LogP contribution in [0.25, 0.3) is 0 Å². The molecule has 3 rings (SSSR count). The van der Waals surface area contributed by atoms with Crippen LogP contribution in [-0.2, 0) is 9.53 Å². The van der Waals surface area contributed by atoms with Crippen molar-refractivity contribution in [1.29, 1.82) is 0 Å². The van der Waals surface area contributed by atoms with Crippen molar-refractivity contribution in [3.63, 3.8) is 0 Å². The topological polar surface area (TPSA) is 78.7 Å². The van der Waals surface area contributed by atoms with E-state index < -0.39 is 12.0 Å². The monoisotopic (exact) mass is 317 g/mol. The summed E-state index contributed by atoms with van der Waals surface area (Å²) in [5.74, 6) is -0.276. The second kappa shape index (κ2) is 6.02. The molecule has 0 spiro atoms. The molecule has 0 saturated heterocycles. The van der Waals surface area contributed by atoms with Crippen molar-refractivity contribution in [2.45, 2.75) is 38.3 Å². The van der Waals surface area contributed by atoms with E-state index in [-0.39, 0.29) is 35.9 Å². The summed E-state index contributed by atoms with van der Waals surface area (Å²) >= 11 is 0. The summed E-state index contributed by atoms with van der Waals surface area (Å²) in [6.45, 7) is 3.86. The van der Waals surface area contributed by atoms with E-state index >= 15 is 0 Å². The molecule has 1 aromatic rings. The third-order valence-electron chi connectivity index (χ3n) is 4.59. The van der Waals surface area contributed by atoms with E-state index in [1.165, 1.54) is 0 Å². The van der Waals surface area contributed by atoms with Crippen LogP contribution >= 0.6 is 0 Å². The van der Waals surface area contributed by atoms with Gasteiger partial charge in [-0.2, -0.15) is 0 Å². The molecule has 0 unspecified atom stereocenters. The predicted octanol–water partition coefficient (Wildman–Crippen LogP) is 2.71. The quantitative estimate of drug-likeness (QED) is 0.486. The molecule has 2 aliphatic rings. The van der Waals surface area contributed by atoms with Crippen LogP contribution in [0.2, 0.25) is 0 Å². The van der Waals surface area contributed by atoms with Crippen molar-refractivity contribution in [3.05, 3.63) is 51.6 Å². The number of nitro groups is 1. The molecule has 0 N–H and O–H groups in total. The van der Waals surface area contributed by atoms with Gasteiger partial charge in [0.2, 0.25) is 6.04 Å². The summed E-state index contributed by atoms with van der Waals surface area (Å²) in [4.78, 5) is 23.4. The molecule has 1 aliphatic heterocycles. The van der Waals surface area contributed by atoms with Crippen molar-refractivity contribution in [2.75, 3.05) is 6.61 Å². The van der Waals surface area contributed by atoms with Crippen molar-refractivity contribution >= 4 is 5.97 Å². The SMILES string of the molecule is CCOC(=O)C1=C[C@@H]2[C@H](c3ccccc3O[C@H]2C)[C@@H]([N+](=O)[O-])C1. The highest BCUT2D eigenvalue weighted by Gasteiger charge is 2.49. The van der Waals surface area contributed by atoms with Crippen molar-refractivity contribution in [1.82, 2.24) is 0 Å². The molecule has 122 valence electrons. The number of hydrogen-bond donors (Lipinski definition) is 0. The van der Waals surface area contributed by atoms with E-state index in [0.717, 1.165) is 5.56 Å². The number of carbonyl (C=O) groups is 1. The van der Waals surface area contributed by atoms with Crippen LogP contribution in [0.1, 0.15) is 31.7 Å². The predicted molar refractivity (Wildman–Crippen MR) is 82.9 cm³/mol. The smallest absolute Gasteiger partial charge is 0.333 e. The van der Waals surface area contributed by atoms with E-state index in [2.05, 4.69) is 0 Å². The molecule has 6 nitrogen and oxygen atoms in total. The molecule has 1 aromatic carbocycles. The van der Waals surface area contributed by atoms with Crippen LogP contribution in [0, 0.1) is 16.0 Å². The maximum atomic E-state index is 12.0. The Hall–Kier alpha value is -2.37. The molecular formula is C17H19NO5. The van der Waals surface area contributed by atoms with Crippen molar-refractivity contribution in [3.8, 4) is 5.75 Å². The fourth-order valence-corrected chi connectivity index (χ4v) is 3.58. The second-order valence-corrected chi connectivity index (χ2v) is 5.93. The number of ether oxygens (including phenoxy) is 2. The average Bonchev–Trinajstić information content (AvgIpc) is 2.54. The second-order valence-electron chi connectivity index (χ2n) is 5.93. The molecule has 4 atom stereocenters. The van der Waals surface area contributed by atoms with Crippen LogP contribution in [0.5, 0.6) is 5.75 Å². The summed E-state index contributed by atoms with van der Waals surface area (Å²) in [6.07, 6.45) is 1.67. The standard InChI is InChI=1S/C17H19NO5/c1-3-22-17(19)11-8-13-10(2)23-15-7-5-4-6-12(15)16(13)14(9-11)18(20)21/h4-8,10,13-14,16H,3,9H2,1-2H3/t10-,13-,14-,16-/m0/s1. The number of hydrogen-bond acceptors (Lipinski definition) is 5. The Bertz CT molecular complexity index is 669. The molecule has 1 aliphatic carbocycles. The molecule has 0 bridgehead atoms. The van der Waals surface area contributed by atoms with Gasteiger partial charge in [0.15, 0.2) is 0 Å². The Morgan fingerprint density at radius 1 is 1.43 bits per heavy atom. The lowest BCUT2D eigenvalue weighted by atomic mass is 9.70. The Kier molecular flexibility index (Phi) is 4.07. The van der Waals surface area contributed by atoms with Gasteiger partial charge in [-0.05, 0) is 19.9 Å². The summed E-state index contributed by atoms with van der Waals surface area (Å²) in [6, 6.07) is 6.58. The molecule has 23 heavy (non-hydrogen) atoms. The lowest BCUT2D eigenvalue weighted by Gasteiger charge is -2.40. The number of esters is 1. The molecule has 0 fully saturated rings. The Labute approximate surface area is 134 Å². The lowest BCUT2D eigenvalue weighted by molar-refractivity contribution is -0.529. The first kappa shape index (κ1) is 15.5. The highest BCUT2D eigenvalue weighted by Crippen LogP contribution is 2.47. The summed E-state index contributed by atoms with van der Waals surface area (Å²) in [5.41, 5.74) is 1.22. The molecule has 0 saturated carbocycles. The van der Waals surface area contributed by atoms with Crippen LogP contribution < -0.4 is 4.74 Å². The zero-order valence-corrected chi connectivity index (χ0v) is 13.1. The number of para-hydroxylation sites is 1. The zero-order valence-electron chi connectivity index (χ0n) is 13.1. The molecule has 0 radical (unpaired) electrons. The molecule has 6 heteroatoms. The number of benzene rings is 1. The van der Waals surface area contributed by atoms with Gasteiger partial charge in [-0.15, -0.1) is 0 Å². The Balaban J connectivity index is 2.05. The van der Waals surface area contributed by atoms with Gasteiger partial charge in [-0.3, -0.25) is 10.1 Å². The first-order valence-corrected chi connectivity index (χ1v) is 7.79. The Morgan fingerprint density at radius 2 is 2.17 bits per heavy atom. The van der Waals surface area contributed by atoms with Gasteiger partial charge in [0.25, 0.3) is 0 Å². The van der Waals surface area contributed by atoms with E-state index in [4.69, 9.17) is 9.47 Å². The van der Waals surface area contributed by atoms with Gasteiger partial charge in [-0.1, -0.05) is 24.3 Å². The largest absolute Gasteiger partial charge is 0.490 e. The summed E-state index contributed by atoms with van der Waals surface area (Å²) in [5, 5.41) is 11.6. The lowest BCUT2D eigenvalue weighted by Crippen LogP contribution is -2.44. The van der Waals surface area contributed by atoms with Gasteiger partial charge >= 0.3 is 5.97 Å². The maximum absolute atomic E-state index is 12.0. The van der Waals surface area contributed by atoms with E-state index in [1.807, 2.05) is 37.3 Å². The minimum absolute atomic E-state index is 0.0913. The fourth-order valence-electron chi connectivity index (χ4n) is 3.58. The van der Waals surface area contributed by atoms with Crippen LogP contribution in [0.3, 0.4) is 0 Å². The van der Waals surface area contributed by atoms with Crippen molar-refractivity contribution < 1.29 is 19.2 Å². The van der Waals surface area contributed by atoms with E-state index in [9.17, 15) is 14.9 Å². The van der Waals surface area contributed by atoms with Gasteiger partial charge in [0.05, 0.1) is 12.5 Å². The van der Waals surface area contributed by atoms with Crippen LogP contribution in [0.15, 0.2) is 35.9 Å². The molecular weight excluding hydrogens is 298 g/mol. The first-order chi connectivity index (χ1) is 11.0. The minimum Gasteiger partial charge on any atom is -0.490 e. The summed E-state index contributed by atoms with van der Waals surface area (Å²) < 4.78 is 10.9. The van der Waals surface area contributed by atoms with Crippen molar-refractivity contribution in [2.24, 2.45) is 5.92 Å². The number of fused-ring (bicyclic) bond motifs is 3. The molecule has 0 aromatic heterocycles. The maximum Gasteiger partial charge on any atom is 0.333 e. The zero-order chi connectivity index (χ0) is 16.6. The third kappa shape index (κ3) is 2.69. The highest BCUT2D eigenvalue weighted by atomic mass is 16.6. The van der Waals surface area contributed by atoms with Crippen LogP contribution in [-0.4, -0.2) is 29.6 Å². The number of rotatable bonds is 3. The Morgan fingerprint density at radius 3 is 2.87 bits per heavy atom. The number of nitrogens with zero attached hydrogens (tertiary/aromatic N) is 1. The fraction of sp³-hybridized carbons (Fsp3) is 0.471. The normalized spacial score (nSPS) is 28.7. The van der Waals surface area contributed by atoms with E-state index in [0.29, 0.717) is 11.3 Å². The third-order valence-corrected chi connectivity index (χ3v) is 4.59. The molecule has 1 heterocycles. The number of carbonyl (C=O) groups excluding carboxylic acids is 1. The minimum atomic E-state index is -0.850. The van der Waals surface area contributed by atoms with Crippen LogP contribution in [0.4, 0.5) is 0 Å². The first-order valence-electron chi connectivity index (χ1n) is 7.79. The van der Waals surface area contributed by atoms with Gasteiger partial charge in [0, 0.05) is 28.4 Å². The summed E-state index contributed by atoms with van der Waals surface area (Å²) in [7, 11) is 0. The highest BCUT2D eigenvalue weighted by molar-refractivity contribution is 5.89. The average molecular weight is 317 g/mol. The van der Waals surface area contributed by atoms with Gasteiger partial charge in [-0.25, -0.2) is 4.79 Å². The van der Waals surface area contributed by atoms with Gasteiger partial charge < -0.3 is 9.47 Å². The molecule has 0 amide bonds. The van der Waals surface area contributed by atoms with Gasteiger partial charge in [0.1, 0.15) is 11.9 Å².